The van der Waals surface area contributed by atoms with Gasteiger partial charge in [0.15, 0.2) is 12.4 Å². The Morgan fingerprint density at radius 2 is 2.40 bits per heavy atom. The van der Waals surface area contributed by atoms with E-state index in [1.54, 1.807) is 12.6 Å². The van der Waals surface area contributed by atoms with Gasteiger partial charge in [-0.05, 0) is 31.4 Å². The first kappa shape index (κ1) is 11.7. The first-order chi connectivity index (χ1) is 9.83. The van der Waals surface area contributed by atoms with Gasteiger partial charge in [-0.3, -0.25) is 4.79 Å². The summed E-state index contributed by atoms with van der Waals surface area (Å²) in [6, 6.07) is 4.24. The van der Waals surface area contributed by atoms with Crippen molar-refractivity contribution >= 4 is 5.97 Å². The largest absolute Gasteiger partial charge is 0.469 e. The number of carbonyl (C=O) groups is 1. The SMILES string of the molecule is O=C(OCc1nncn1C1CC1)[C@@H]1C[C@H]1c1ccco1. The van der Waals surface area contributed by atoms with Gasteiger partial charge in [0.2, 0.25) is 0 Å². The number of hydrogen-bond acceptors (Lipinski definition) is 5. The average molecular weight is 273 g/mol. The minimum absolute atomic E-state index is 0.0709. The molecule has 2 heterocycles. The molecule has 0 saturated heterocycles. The van der Waals surface area contributed by atoms with E-state index in [1.165, 1.54) is 0 Å². The van der Waals surface area contributed by atoms with E-state index < -0.39 is 0 Å². The second-order valence-electron chi connectivity index (χ2n) is 5.46. The molecule has 0 unspecified atom stereocenters. The number of carbonyl (C=O) groups excluding carboxylic acids is 1. The molecule has 6 nitrogen and oxygen atoms in total. The minimum Gasteiger partial charge on any atom is -0.469 e. The number of rotatable bonds is 5. The molecular formula is C14H15N3O3. The van der Waals surface area contributed by atoms with Crippen molar-refractivity contribution in [1.29, 1.82) is 0 Å². The van der Waals surface area contributed by atoms with Crippen LogP contribution in [0.3, 0.4) is 0 Å². The van der Waals surface area contributed by atoms with Gasteiger partial charge < -0.3 is 13.7 Å². The lowest BCUT2D eigenvalue weighted by atomic mass is 10.2. The summed E-state index contributed by atoms with van der Waals surface area (Å²) >= 11 is 0. The highest BCUT2D eigenvalue weighted by Gasteiger charge is 2.47. The Labute approximate surface area is 115 Å². The molecule has 2 aromatic heterocycles. The average Bonchev–Trinajstić information content (AvgIpc) is 3.36. The second-order valence-corrected chi connectivity index (χ2v) is 5.46. The topological polar surface area (TPSA) is 70.2 Å². The Kier molecular flexibility index (Phi) is 2.61. The molecule has 2 saturated carbocycles. The van der Waals surface area contributed by atoms with Crippen LogP contribution in [0.5, 0.6) is 0 Å². The van der Waals surface area contributed by atoms with Gasteiger partial charge >= 0.3 is 5.97 Å². The standard InChI is InChI=1S/C14H15N3O3/c18-14(11-6-10(11)12-2-1-5-19-12)20-7-13-16-15-8-17(13)9-3-4-9/h1-2,5,8-11H,3-4,6-7H2/t10-,11-/m1/s1. The smallest absolute Gasteiger partial charge is 0.310 e. The summed E-state index contributed by atoms with van der Waals surface area (Å²) in [5.74, 6) is 1.54. The monoisotopic (exact) mass is 273 g/mol. The van der Waals surface area contributed by atoms with Gasteiger partial charge in [0.25, 0.3) is 0 Å². The first-order valence-corrected chi connectivity index (χ1v) is 6.91. The Morgan fingerprint density at radius 1 is 1.50 bits per heavy atom. The van der Waals surface area contributed by atoms with E-state index in [2.05, 4.69) is 10.2 Å². The van der Waals surface area contributed by atoms with Gasteiger partial charge in [0.1, 0.15) is 12.1 Å². The number of nitrogens with zero attached hydrogens (tertiary/aromatic N) is 3. The lowest BCUT2D eigenvalue weighted by molar-refractivity contribution is -0.147. The van der Waals surface area contributed by atoms with Crippen molar-refractivity contribution in [3.63, 3.8) is 0 Å². The molecule has 20 heavy (non-hydrogen) atoms. The van der Waals surface area contributed by atoms with Gasteiger partial charge in [-0.1, -0.05) is 0 Å². The maximum absolute atomic E-state index is 12.0. The second kappa shape index (κ2) is 4.47. The predicted molar refractivity (Wildman–Crippen MR) is 67.6 cm³/mol. The van der Waals surface area contributed by atoms with Crippen molar-refractivity contribution in [2.45, 2.75) is 37.8 Å². The van der Waals surface area contributed by atoms with E-state index in [0.717, 1.165) is 30.8 Å². The fraction of sp³-hybridized carbons (Fsp3) is 0.500. The molecule has 2 fully saturated rings. The molecule has 2 aliphatic carbocycles. The van der Waals surface area contributed by atoms with E-state index in [-0.39, 0.29) is 24.4 Å². The van der Waals surface area contributed by atoms with Gasteiger partial charge in [0.05, 0.1) is 12.2 Å². The van der Waals surface area contributed by atoms with Crippen LogP contribution >= 0.6 is 0 Å². The molecule has 2 atom stereocenters. The summed E-state index contributed by atoms with van der Waals surface area (Å²) < 4.78 is 12.7. The van der Waals surface area contributed by atoms with Crippen LogP contribution in [0.25, 0.3) is 0 Å². The molecule has 0 N–H and O–H groups in total. The molecule has 0 bridgehead atoms. The van der Waals surface area contributed by atoms with Crippen LogP contribution in [-0.4, -0.2) is 20.7 Å². The zero-order valence-corrected chi connectivity index (χ0v) is 10.9. The van der Waals surface area contributed by atoms with Crippen LogP contribution in [0.15, 0.2) is 29.1 Å². The number of ether oxygens (including phenoxy) is 1. The number of hydrogen-bond donors (Lipinski definition) is 0. The third kappa shape index (κ3) is 2.11. The van der Waals surface area contributed by atoms with Crippen molar-refractivity contribution < 1.29 is 13.9 Å². The maximum Gasteiger partial charge on any atom is 0.310 e. The van der Waals surface area contributed by atoms with E-state index in [4.69, 9.17) is 9.15 Å². The Balaban J connectivity index is 1.34. The lowest BCUT2D eigenvalue weighted by Gasteiger charge is -2.05. The van der Waals surface area contributed by atoms with E-state index in [9.17, 15) is 4.79 Å². The highest BCUT2D eigenvalue weighted by atomic mass is 16.5. The number of esters is 1. The normalized spacial score (nSPS) is 24.6. The zero-order valence-electron chi connectivity index (χ0n) is 10.9. The maximum atomic E-state index is 12.0. The van der Waals surface area contributed by atoms with E-state index in [1.807, 2.05) is 16.7 Å². The van der Waals surface area contributed by atoms with E-state index in [0.29, 0.717) is 6.04 Å². The van der Waals surface area contributed by atoms with Crippen molar-refractivity contribution in [3.05, 3.63) is 36.3 Å². The molecule has 0 aromatic carbocycles. The Hall–Kier alpha value is -2.11. The van der Waals surface area contributed by atoms with Gasteiger partial charge in [0, 0.05) is 12.0 Å². The van der Waals surface area contributed by atoms with Crippen LogP contribution < -0.4 is 0 Å². The van der Waals surface area contributed by atoms with Gasteiger partial charge in [-0.15, -0.1) is 10.2 Å². The van der Waals surface area contributed by atoms with Crippen LogP contribution in [0.4, 0.5) is 0 Å². The Morgan fingerprint density at radius 3 is 3.15 bits per heavy atom. The summed E-state index contributed by atoms with van der Waals surface area (Å²) in [4.78, 5) is 12.0. The fourth-order valence-corrected chi connectivity index (χ4v) is 2.54. The van der Waals surface area contributed by atoms with Crippen molar-refractivity contribution in [2.75, 3.05) is 0 Å². The van der Waals surface area contributed by atoms with Crippen LogP contribution in [-0.2, 0) is 16.1 Å². The first-order valence-electron chi connectivity index (χ1n) is 6.91. The molecule has 0 amide bonds. The summed E-state index contributed by atoms with van der Waals surface area (Å²) in [7, 11) is 0. The molecule has 2 aliphatic rings. The van der Waals surface area contributed by atoms with Crippen LogP contribution in [0.2, 0.25) is 0 Å². The minimum atomic E-state index is -0.170. The van der Waals surface area contributed by atoms with Gasteiger partial charge in [-0.2, -0.15) is 0 Å². The summed E-state index contributed by atoms with van der Waals surface area (Å²) in [6.07, 6.45) is 6.46. The van der Waals surface area contributed by atoms with Gasteiger partial charge in [-0.25, -0.2) is 0 Å². The molecule has 2 aromatic rings. The summed E-state index contributed by atoms with van der Waals surface area (Å²) in [5, 5.41) is 7.90. The summed E-state index contributed by atoms with van der Waals surface area (Å²) in [5.41, 5.74) is 0. The fourth-order valence-electron chi connectivity index (χ4n) is 2.54. The molecular weight excluding hydrogens is 258 g/mol. The third-order valence-electron chi connectivity index (χ3n) is 3.93. The van der Waals surface area contributed by atoms with E-state index >= 15 is 0 Å². The molecule has 0 radical (unpaired) electrons. The van der Waals surface area contributed by atoms with Crippen molar-refractivity contribution in [3.8, 4) is 0 Å². The Bertz CT molecular complexity index is 615. The summed E-state index contributed by atoms with van der Waals surface area (Å²) in [6.45, 7) is 0.205. The lowest BCUT2D eigenvalue weighted by Crippen LogP contribution is -2.11. The van der Waals surface area contributed by atoms with Crippen LogP contribution in [0.1, 0.15) is 42.8 Å². The number of aromatic nitrogens is 3. The van der Waals surface area contributed by atoms with Crippen molar-refractivity contribution in [2.24, 2.45) is 5.92 Å². The third-order valence-corrected chi connectivity index (χ3v) is 3.93. The molecule has 0 aliphatic heterocycles. The molecule has 4 rings (SSSR count). The highest BCUT2D eigenvalue weighted by Crippen LogP contribution is 2.48. The highest BCUT2D eigenvalue weighted by molar-refractivity contribution is 5.77. The molecule has 0 spiro atoms. The quantitative estimate of drug-likeness (QED) is 0.780. The molecule has 104 valence electrons. The number of furan rings is 1. The zero-order chi connectivity index (χ0) is 13.5. The predicted octanol–water partition coefficient (Wildman–Crippen LogP) is 2.05. The van der Waals surface area contributed by atoms with Crippen molar-refractivity contribution in [1.82, 2.24) is 14.8 Å². The van der Waals surface area contributed by atoms with Crippen LogP contribution in [0, 0.1) is 5.92 Å². The molecule has 6 heteroatoms.